The fraction of sp³-hybridized carbons (Fsp3) is 0.600. The van der Waals surface area contributed by atoms with E-state index in [1.165, 1.54) is 5.57 Å². The van der Waals surface area contributed by atoms with Gasteiger partial charge in [-0.05, 0) is 26.5 Å². The van der Waals surface area contributed by atoms with Gasteiger partial charge in [-0.3, -0.25) is 0 Å². The van der Waals surface area contributed by atoms with Gasteiger partial charge < -0.3 is 0 Å². The van der Waals surface area contributed by atoms with E-state index in [1.54, 1.807) is 0 Å². The molecule has 0 radical (unpaired) electrons. The van der Waals surface area contributed by atoms with Crippen molar-refractivity contribution in [3.05, 3.63) is 11.8 Å². The summed E-state index contributed by atoms with van der Waals surface area (Å²) in [5.41, 5.74) is 1.18. The van der Waals surface area contributed by atoms with E-state index in [9.17, 15) is 0 Å². The molecular formula is C10H18N2. The van der Waals surface area contributed by atoms with Gasteiger partial charge in [-0.2, -0.15) is 0 Å². The van der Waals surface area contributed by atoms with Crippen LogP contribution in [0.3, 0.4) is 0 Å². The van der Waals surface area contributed by atoms with Crippen LogP contribution in [0.2, 0.25) is 0 Å². The minimum absolute atomic E-state index is 0.583. The highest BCUT2D eigenvalue weighted by molar-refractivity contribution is 5.86. The highest BCUT2D eigenvalue weighted by Gasteiger charge is 1.98. The molecule has 0 saturated carbocycles. The maximum atomic E-state index is 4.21. The zero-order valence-electron chi connectivity index (χ0n) is 8.46. The van der Waals surface area contributed by atoms with Crippen molar-refractivity contribution in [3.63, 3.8) is 0 Å². The molecule has 12 heavy (non-hydrogen) atoms. The molecule has 0 saturated heterocycles. The van der Waals surface area contributed by atoms with Gasteiger partial charge in [0.2, 0.25) is 0 Å². The van der Waals surface area contributed by atoms with Crippen molar-refractivity contribution in [1.82, 2.24) is 0 Å². The number of aliphatic imine (C=N–C) groups is 2. The monoisotopic (exact) mass is 166 g/mol. The van der Waals surface area contributed by atoms with Crippen LogP contribution in [-0.2, 0) is 0 Å². The number of nitrogens with zero attached hydrogens (tertiary/aromatic N) is 2. The van der Waals surface area contributed by atoms with Gasteiger partial charge in [-0.15, -0.1) is 0 Å². The lowest BCUT2D eigenvalue weighted by atomic mass is 10.1. The van der Waals surface area contributed by atoms with Crippen molar-refractivity contribution in [3.8, 4) is 0 Å². The van der Waals surface area contributed by atoms with Gasteiger partial charge >= 0.3 is 0 Å². The molecule has 0 aliphatic carbocycles. The largest absolute Gasteiger partial charge is 0.249 e. The Balaban J connectivity index is 4.24. The van der Waals surface area contributed by atoms with E-state index in [4.69, 9.17) is 0 Å². The highest BCUT2D eigenvalue weighted by Crippen LogP contribution is 2.03. The Morgan fingerprint density at radius 3 is 2.33 bits per heavy atom. The minimum Gasteiger partial charge on any atom is -0.249 e. The van der Waals surface area contributed by atoms with E-state index in [0.717, 1.165) is 12.3 Å². The average Bonchev–Trinajstić information content (AvgIpc) is 1.97. The summed E-state index contributed by atoms with van der Waals surface area (Å²) in [6, 6.07) is 0. The Hall–Kier alpha value is -0.920. The zero-order valence-corrected chi connectivity index (χ0v) is 8.46. The van der Waals surface area contributed by atoms with E-state index >= 15 is 0 Å². The molecule has 0 N–H and O–H groups in total. The van der Waals surface area contributed by atoms with Crippen LogP contribution in [-0.4, -0.2) is 12.6 Å². The third kappa shape index (κ3) is 5.83. The first-order valence-electron chi connectivity index (χ1n) is 4.23. The average molecular weight is 166 g/mol. The van der Waals surface area contributed by atoms with Gasteiger partial charge in [0.25, 0.3) is 0 Å². The van der Waals surface area contributed by atoms with E-state index < -0.39 is 0 Å². The minimum atomic E-state index is 0.583. The first-order chi connectivity index (χ1) is 5.56. The van der Waals surface area contributed by atoms with Crippen LogP contribution in [0.5, 0.6) is 0 Å². The lowest BCUT2D eigenvalue weighted by Gasteiger charge is -2.01. The van der Waals surface area contributed by atoms with Gasteiger partial charge in [0, 0.05) is 12.6 Å². The summed E-state index contributed by atoms with van der Waals surface area (Å²) in [7, 11) is 0. The molecule has 0 bridgehead atoms. The summed E-state index contributed by atoms with van der Waals surface area (Å²) in [5, 5.41) is 0. The molecule has 0 aliphatic heterocycles. The highest BCUT2D eigenvalue weighted by atomic mass is 14.9. The second-order valence-electron chi connectivity index (χ2n) is 3.51. The molecule has 0 rings (SSSR count). The van der Waals surface area contributed by atoms with Gasteiger partial charge in [-0.1, -0.05) is 19.4 Å². The molecule has 0 atom stereocenters. The number of hydrogen-bond donors (Lipinski definition) is 0. The van der Waals surface area contributed by atoms with Crippen LogP contribution >= 0.6 is 0 Å². The smallest absolute Gasteiger partial charge is 0.127 e. The summed E-state index contributed by atoms with van der Waals surface area (Å²) < 4.78 is 0. The predicted octanol–water partition coefficient (Wildman–Crippen LogP) is 3.06. The summed E-state index contributed by atoms with van der Waals surface area (Å²) in [6.07, 6.45) is 2.72. The topological polar surface area (TPSA) is 24.7 Å². The molecule has 0 aromatic carbocycles. The second-order valence-corrected chi connectivity index (χ2v) is 3.51. The maximum absolute atomic E-state index is 4.21. The number of rotatable bonds is 3. The third-order valence-corrected chi connectivity index (χ3v) is 1.25. The molecule has 2 nitrogen and oxygen atoms in total. The molecule has 0 spiro atoms. The summed E-state index contributed by atoms with van der Waals surface area (Å²) in [6.45, 7) is 11.8. The Morgan fingerprint density at radius 1 is 1.42 bits per heavy atom. The van der Waals surface area contributed by atoms with Crippen LogP contribution in [0.4, 0.5) is 0 Å². The summed E-state index contributed by atoms with van der Waals surface area (Å²) in [5.74, 6) is 1.41. The molecule has 0 heterocycles. The van der Waals surface area contributed by atoms with E-state index in [0.29, 0.717) is 5.92 Å². The fourth-order valence-electron chi connectivity index (χ4n) is 0.727. The maximum Gasteiger partial charge on any atom is 0.127 e. The zero-order chi connectivity index (χ0) is 9.56. The number of hydrogen-bond acceptors (Lipinski definition) is 1. The Morgan fingerprint density at radius 2 is 2.00 bits per heavy atom. The Labute approximate surface area is 75.1 Å². The molecule has 0 amide bonds. The van der Waals surface area contributed by atoms with E-state index in [2.05, 4.69) is 30.5 Å². The molecule has 0 aromatic rings. The quantitative estimate of drug-likeness (QED) is 0.455. The lowest BCUT2D eigenvalue weighted by Crippen LogP contribution is -1.98. The first-order valence-corrected chi connectivity index (χ1v) is 4.23. The van der Waals surface area contributed by atoms with Gasteiger partial charge in [0.05, 0.1) is 0 Å². The first kappa shape index (κ1) is 11.1. The second kappa shape index (κ2) is 5.70. The van der Waals surface area contributed by atoms with Crippen LogP contribution < -0.4 is 0 Å². The molecule has 68 valence electrons. The lowest BCUT2D eigenvalue weighted by molar-refractivity contribution is 0.681. The predicted molar refractivity (Wildman–Crippen MR) is 55.9 cm³/mol. The van der Waals surface area contributed by atoms with Crippen molar-refractivity contribution >= 4 is 12.6 Å². The molecule has 0 aliphatic rings. The van der Waals surface area contributed by atoms with Gasteiger partial charge in [0.15, 0.2) is 0 Å². The van der Waals surface area contributed by atoms with E-state index in [1.807, 2.05) is 20.0 Å². The van der Waals surface area contributed by atoms with Crippen molar-refractivity contribution < 1.29 is 0 Å². The van der Waals surface area contributed by atoms with E-state index in [-0.39, 0.29) is 0 Å². The SMILES string of the molecule is C=N/C(CC(C)C)=N\C=C(C)C. The third-order valence-electron chi connectivity index (χ3n) is 1.25. The van der Waals surface area contributed by atoms with Gasteiger partial charge in [0.1, 0.15) is 5.84 Å². The van der Waals surface area contributed by atoms with Crippen molar-refractivity contribution in [2.45, 2.75) is 34.1 Å². The number of amidine groups is 1. The van der Waals surface area contributed by atoms with Crippen LogP contribution in [0, 0.1) is 5.92 Å². The van der Waals surface area contributed by atoms with Crippen molar-refractivity contribution in [2.24, 2.45) is 15.9 Å². The van der Waals surface area contributed by atoms with Gasteiger partial charge in [-0.25, -0.2) is 9.98 Å². The summed E-state index contributed by atoms with van der Waals surface area (Å²) in [4.78, 5) is 8.06. The molecule has 0 fully saturated rings. The Bertz CT molecular complexity index is 196. The van der Waals surface area contributed by atoms with Crippen molar-refractivity contribution in [2.75, 3.05) is 0 Å². The van der Waals surface area contributed by atoms with Crippen LogP contribution in [0.15, 0.2) is 21.8 Å². The molecule has 0 aromatic heterocycles. The standard InChI is InChI=1S/C10H18N2/c1-8(2)6-10(11-5)12-7-9(3)4/h7-8H,5-6H2,1-4H3/b12-10-. The van der Waals surface area contributed by atoms with Crippen LogP contribution in [0.1, 0.15) is 34.1 Å². The summed E-state index contributed by atoms with van der Waals surface area (Å²) >= 11 is 0. The fourth-order valence-corrected chi connectivity index (χ4v) is 0.727. The molecule has 2 heteroatoms. The van der Waals surface area contributed by atoms with Crippen molar-refractivity contribution in [1.29, 1.82) is 0 Å². The number of allylic oxidation sites excluding steroid dienone is 1. The molecular weight excluding hydrogens is 148 g/mol. The Kier molecular flexibility index (Phi) is 5.26. The normalized spacial score (nSPS) is 11.6. The molecule has 0 unspecified atom stereocenters. The van der Waals surface area contributed by atoms with Crippen LogP contribution in [0.25, 0.3) is 0 Å².